The van der Waals surface area contributed by atoms with Crippen molar-refractivity contribution in [1.82, 2.24) is 9.80 Å². The quantitative estimate of drug-likeness (QED) is 0.741. The normalized spacial score (nSPS) is 21.4. The summed E-state index contributed by atoms with van der Waals surface area (Å²) in [5.74, 6) is 6.02. The fourth-order valence-corrected chi connectivity index (χ4v) is 4.82. The number of halogens is 1. The number of likely N-dealkylation sites (tertiary alicyclic amines) is 2. The average Bonchev–Trinajstić information content (AvgIpc) is 2.78. The zero-order chi connectivity index (χ0) is 22.7. The Balaban J connectivity index is 1.38. The summed E-state index contributed by atoms with van der Waals surface area (Å²) in [7, 11) is 0. The number of benzene rings is 2. The van der Waals surface area contributed by atoms with Gasteiger partial charge in [0.15, 0.2) is 0 Å². The van der Waals surface area contributed by atoms with Crippen LogP contribution in [0.5, 0.6) is 0 Å². The van der Waals surface area contributed by atoms with Gasteiger partial charge in [0.1, 0.15) is 11.4 Å². The number of rotatable bonds is 3. The molecule has 2 aromatic rings. The van der Waals surface area contributed by atoms with E-state index in [0.29, 0.717) is 17.5 Å². The van der Waals surface area contributed by atoms with Crippen molar-refractivity contribution in [3.63, 3.8) is 0 Å². The van der Waals surface area contributed by atoms with E-state index in [-0.39, 0.29) is 11.7 Å². The molecule has 0 bridgehead atoms. The van der Waals surface area contributed by atoms with Gasteiger partial charge in [0, 0.05) is 36.8 Å². The Morgan fingerprint density at radius 2 is 1.81 bits per heavy atom. The molecule has 0 radical (unpaired) electrons. The molecule has 2 heterocycles. The summed E-state index contributed by atoms with van der Waals surface area (Å²) < 4.78 is 13.2. The fraction of sp³-hybridized carbons (Fsp3) is 0.444. The van der Waals surface area contributed by atoms with Crippen LogP contribution in [0.15, 0.2) is 48.5 Å². The van der Waals surface area contributed by atoms with E-state index in [0.717, 1.165) is 51.0 Å². The van der Waals surface area contributed by atoms with Gasteiger partial charge in [-0.3, -0.25) is 9.69 Å². The van der Waals surface area contributed by atoms with Crippen molar-refractivity contribution in [2.75, 3.05) is 19.6 Å². The smallest absolute Gasteiger partial charge is 0.253 e. The average molecular weight is 435 g/mol. The number of piperidine rings is 2. The molecule has 2 aliphatic heterocycles. The maximum absolute atomic E-state index is 13.2. The van der Waals surface area contributed by atoms with Crippen LogP contribution < -0.4 is 0 Å². The third kappa shape index (κ3) is 5.56. The molecule has 0 unspecified atom stereocenters. The van der Waals surface area contributed by atoms with Gasteiger partial charge in [-0.15, -0.1) is 0 Å². The van der Waals surface area contributed by atoms with E-state index in [1.54, 1.807) is 26.0 Å². The van der Waals surface area contributed by atoms with Crippen LogP contribution in [0.1, 0.15) is 54.6 Å². The van der Waals surface area contributed by atoms with E-state index < -0.39 is 5.60 Å². The van der Waals surface area contributed by atoms with Crippen molar-refractivity contribution in [3.8, 4) is 11.8 Å². The second-order valence-electron chi connectivity index (χ2n) is 9.49. The van der Waals surface area contributed by atoms with Crippen molar-refractivity contribution in [2.24, 2.45) is 5.92 Å². The molecule has 0 aromatic heterocycles. The number of carbonyl (C=O) groups is 1. The first-order valence-corrected chi connectivity index (χ1v) is 11.4. The van der Waals surface area contributed by atoms with Crippen LogP contribution in [-0.2, 0) is 6.54 Å². The molecule has 0 spiro atoms. The number of hydrogen-bond acceptors (Lipinski definition) is 3. The van der Waals surface area contributed by atoms with Gasteiger partial charge in [0.2, 0.25) is 0 Å². The van der Waals surface area contributed by atoms with Crippen molar-refractivity contribution >= 4 is 5.91 Å². The minimum Gasteiger partial charge on any atom is -0.378 e. The first-order chi connectivity index (χ1) is 15.3. The molecule has 168 valence electrons. The SMILES string of the molecule is CC(C)(O)C#Cc1ccc(CN2CCC[C@@H]3CN(C(=O)c4ccc(F)cc4)CC[C@@H]32)cc1. The Morgan fingerprint density at radius 1 is 1.09 bits per heavy atom. The van der Waals surface area contributed by atoms with Crippen molar-refractivity contribution < 1.29 is 14.3 Å². The number of aliphatic hydroxyl groups is 1. The minimum atomic E-state index is -0.992. The van der Waals surface area contributed by atoms with Crippen LogP contribution in [0.25, 0.3) is 0 Å². The molecule has 0 saturated carbocycles. The Labute approximate surface area is 190 Å². The highest BCUT2D eigenvalue weighted by atomic mass is 19.1. The van der Waals surface area contributed by atoms with Gasteiger partial charge in [-0.05, 0) is 87.5 Å². The van der Waals surface area contributed by atoms with Crippen LogP contribution in [-0.4, -0.2) is 52.1 Å². The van der Waals surface area contributed by atoms with Crippen LogP contribution in [0.3, 0.4) is 0 Å². The van der Waals surface area contributed by atoms with E-state index in [4.69, 9.17) is 0 Å². The summed E-state index contributed by atoms with van der Waals surface area (Å²) in [5, 5.41) is 9.77. The van der Waals surface area contributed by atoms with Crippen molar-refractivity contribution in [3.05, 3.63) is 71.0 Å². The molecule has 5 heteroatoms. The second kappa shape index (κ2) is 9.44. The maximum atomic E-state index is 13.2. The van der Waals surface area contributed by atoms with Crippen molar-refractivity contribution in [2.45, 2.75) is 51.3 Å². The van der Waals surface area contributed by atoms with Crippen LogP contribution >= 0.6 is 0 Å². The molecular weight excluding hydrogens is 403 g/mol. The van der Waals surface area contributed by atoms with Crippen molar-refractivity contribution in [1.29, 1.82) is 0 Å². The Hall–Kier alpha value is -2.68. The summed E-state index contributed by atoms with van der Waals surface area (Å²) in [5.41, 5.74) is 1.73. The Bertz CT molecular complexity index is 999. The molecule has 2 atom stereocenters. The molecule has 2 fully saturated rings. The van der Waals surface area contributed by atoms with Crippen LogP contribution in [0.2, 0.25) is 0 Å². The number of hydrogen-bond donors (Lipinski definition) is 1. The molecule has 1 amide bonds. The van der Waals surface area contributed by atoms with Gasteiger partial charge in [-0.25, -0.2) is 4.39 Å². The molecule has 2 aromatic carbocycles. The first-order valence-electron chi connectivity index (χ1n) is 11.4. The number of amides is 1. The van der Waals surface area contributed by atoms with Gasteiger partial charge in [-0.1, -0.05) is 24.0 Å². The lowest BCUT2D eigenvalue weighted by Gasteiger charge is -2.47. The fourth-order valence-electron chi connectivity index (χ4n) is 4.82. The largest absolute Gasteiger partial charge is 0.378 e. The summed E-state index contributed by atoms with van der Waals surface area (Å²) >= 11 is 0. The third-order valence-corrected chi connectivity index (χ3v) is 6.41. The van der Waals surface area contributed by atoms with Gasteiger partial charge in [0.05, 0.1) is 0 Å². The zero-order valence-electron chi connectivity index (χ0n) is 18.9. The highest BCUT2D eigenvalue weighted by Gasteiger charge is 2.37. The van der Waals surface area contributed by atoms with Gasteiger partial charge < -0.3 is 10.0 Å². The van der Waals surface area contributed by atoms with Gasteiger partial charge >= 0.3 is 0 Å². The van der Waals surface area contributed by atoms with Crippen LogP contribution in [0, 0.1) is 23.6 Å². The lowest BCUT2D eigenvalue weighted by Crippen LogP contribution is -2.54. The molecule has 4 rings (SSSR count). The predicted octanol–water partition coefficient (Wildman–Crippen LogP) is 4.07. The molecule has 2 aliphatic rings. The Morgan fingerprint density at radius 3 is 2.50 bits per heavy atom. The lowest BCUT2D eigenvalue weighted by atomic mass is 9.83. The predicted molar refractivity (Wildman–Crippen MR) is 123 cm³/mol. The highest BCUT2D eigenvalue weighted by Crippen LogP contribution is 2.32. The van der Waals surface area contributed by atoms with E-state index in [1.165, 1.54) is 17.7 Å². The van der Waals surface area contributed by atoms with E-state index >= 15 is 0 Å². The summed E-state index contributed by atoms with van der Waals surface area (Å²) in [6, 6.07) is 14.6. The summed E-state index contributed by atoms with van der Waals surface area (Å²) in [4.78, 5) is 17.4. The molecule has 0 aliphatic carbocycles. The summed E-state index contributed by atoms with van der Waals surface area (Å²) in [6.45, 7) is 6.83. The number of nitrogens with zero attached hydrogens (tertiary/aromatic N) is 2. The topological polar surface area (TPSA) is 43.8 Å². The van der Waals surface area contributed by atoms with E-state index in [1.807, 2.05) is 17.0 Å². The molecule has 2 saturated heterocycles. The number of carbonyl (C=O) groups excluding carboxylic acids is 1. The van der Waals surface area contributed by atoms with Gasteiger partial charge in [0.25, 0.3) is 5.91 Å². The lowest BCUT2D eigenvalue weighted by molar-refractivity contribution is 0.0175. The van der Waals surface area contributed by atoms with E-state index in [2.05, 4.69) is 28.9 Å². The highest BCUT2D eigenvalue weighted by molar-refractivity contribution is 5.94. The zero-order valence-corrected chi connectivity index (χ0v) is 18.9. The van der Waals surface area contributed by atoms with E-state index in [9.17, 15) is 14.3 Å². The van der Waals surface area contributed by atoms with Crippen LogP contribution in [0.4, 0.5) is 4.39 Å². The maximum Gasteiger partial charge on any atom is 0.253 e. The van der Waals surface area contributed by atoms with Gasteiger partial charge in [-0.2, -0.15) is 0 Å². The molecule has 32 heavy (non-hydrogen) atoms. The summed E-state index contributed by atoms with van der Waals surface area (Å²) in [6.07, 6.45) is 3.24. The monoisotopic (exact) mass is 434 g/mol. The first kappa shape index (κ1) is 22.5. The standard InChI is InChI=1S/C27H31FN2O2/c1-27(2,32)15-13-20-5-7-21(8-6-20)18-29-16-3-4-23-19-30(17-14-25(23)29)26(31)22-9-11-24(28)12-10-22/h5-12,23,25,32H,3-4,14,16-19H2,1-2H3/t23-,25+/m1/s1. The minimum absolute atomic E-state index is 0.00308. The molecule has 4 nitrogen and oxygen atoms in total. The number of fused-ring (bicyclic) bond motifs is 1. The molecule has 1 N–H and O–H groups in total. The third-order valence-electron chi connectivity index (χ3n) is 6.41. The molecular formula is C27H31FN2O2. The Kier molecular flexibility index (Phi) is 6.64. The second-order valence-corrected chi connectivity index (χ2v) is 9.49.